The summed E-state index contributed by atoms with van der Waals surface area (Å²) in [5.74, 6) is -0.323. The van der Waals surface area contributed by atoms with Crippen LogP contribution in [0.15, 0.2) is 42.5 Å². The number of piperazine rings is 1. The average molecular weight is 424 g/mol. The highest BCUT2D eigenvalue weighted by atomic mass is 16.6. The molecule has 2 fully saturated rings. The van der Waals surface area contributed by atoms with E-state index in [0.29, 0.717) is 11.3 Å². The van der Waals surface area contributed by atoms with E-state index in [2.05, 4.69) is 27.1 Å². The van der Waals surface area contributed by atoms with Crippen LogP contribution in [0.5, 0.6) is 0 Å². The van der Waals surface area contributed by atoms with Gasteiger partial charge in [0.15, 0.2) is 0 Å². The van der Waals surface area contributed by atoms with Crippen LogP contribution in [0.4, 0.5) is 22.7 Å². The monoisotopic (exact) mass is 423 g/mol. The molecular formula is C23H29N5O3. The first kappa shape index (κ1) is 21.1. The Bertz CT molecular complexity index is 933. The molecule has 0 spiro atoms. The van der Waals surface area contributed by atoms with Crippen molar-refractivity contribution in [2.24, 2.45) is 0 Å². The number of nitrogens with one attached hydrogen (secondary N) is 1. The van der Waals surface area contributed by atoms with Crippen molar-refractivity contribution in [2.75, 3.05) is 61.4 Å². The van der Waals surface area contributed by atoms with Crippen molar-refractivity contribution in [1.29, 1.82) is 0 Å². The van der Waals surface area contributed by atoms with E-state index in [4.69, 9.17) is 0 Å². The van der Waals surface area contributed by atoms with Crippen molar-refractivity contribution < 1.29 is 9.72 Å². The lowest BCUT2D eigenvalue weighted by Gasteiger charge is -2.34. The zero-order valence-electron chi connectivity index (χ0n) is 17.9. The van der Waals surface area contributed by atoms with Crippen molar-refractivity contribution in [3.8, 4) is 0 Å². The molecule has 0 radical (unpaired) electrons. The second-order valence-electron chi connectivity index (χ2n) is 8.30. The average Bonchev–Trinajstić information content (AvgIpc) is 2.80. The summed E-state index contributed by atoms with van der Waals surface area (Å²) >= 11 is 0. The molecule has 0 aromatic heterocycles. The van der Waals surface area contributed by atoms with Gasteiger partial charge >= 0.3 is 0 Å². The number of carbonyl (C=O) groups is 1. The van der Waals surface area contributed by atoms with Gasteiger partial charge in [0.2, 0.25) is 0 Å². The molecule has 2 aromatic rings. The van der Waals surface area contributed by atoms with Gasteiger partial charge in [0.05, 0.1) is 16.2 Å². The quantitative estimate of drug-likeness (QED) is 0.585. The summed E-state index contributed by atoms with van der Waals surface area (Å²) in [6.07, 6.45) is 3.29. The molecule has 1 N–H and O–H groups in total. The van der Waals surface area contributed by atoms with Crippen LogP contribution in [0.1, 0.15) is 29.6 Å². The Labute approximate surface area is 182 Å². The van der Waals surface area contributed by atoms with Crippen LogP contribution >= 0.6 is 0 Å². The summed E-state index contributed by atoms with van der Waals surface area (Å²) in [7, 11) is 2.13. The number of hydrogen-bond donors (Lipinski definition) is 1. The Balaban J connectivity index is 1.52. The number of hydrogen-bond acceptors (Lipinski definition) is 6. The smallest absolute Gasteiger partial charge is 0.270 e. The minimum atomic E-state index is -0.457. The zero-order chi connectivity index (χ0) is 21.8. The maximum Gasteiger partial charge on any atom is 0.270 e. The normalized spacial score (nSPS) is 17.5. The number of likely N-dealkylation sites (N-methyl/N-ethyl adjacent to an activating group) is 1. The van der Waals surface area contributed by atoms with E-state index in [9.17, 15) is 14.9 Å². The number of rotatable bonds is 5. The van der Waals surface area contributed by atoms with Gasteiger partial charge in [-0.15, -0.1) is 0 Å². The second kappa shape index (κ2) is 9.34. The molecule has 0 atom stereocenters. The van der Waals surface area contributed by atoms with E-state index in [0.717, 1.165) is 63.5 Å². The van der Waals surface area contributed by atoms with Crippen molar-refractivity contribution in [3.63, 3.8) is 0 Å². The molecule has 8 heteroatoms. The minimum absolute atomic E-state index is 0.0728. The highest BCUT2D eigenvalue weighted by molar-refractivity contribution is 6.08. The summed E-state index contributed by atoms with van der Waals surface area (Å²) in [5.41, 5.74) is 2.85. The van der Waals surface area contributed by atoms with Gasteiger partial charge in [-0.2, -0.15) is 0 Å². The Morgan fingerprint density at radius 3 is 2.23 bits per heavy atom. The molecule has 2 saturated heterocycles. The highest BCUT2D eigenvalue weighted by Crippen LogP contribution is 2.29. The maximum atomic E-state index is 13.1. The number of benzene rings is 2. The molecule has 164 valence electrons. The summed E-state index contributed by atoms with van der Waals surface area (Å²) in [5, 5.41) is 14.2. The fourth-order valence-electron chi connectivity index (χ4n) is 4.25. The lowest BCUT2D eigenvalue weighted by Crippen LogP contribution is -2.44. The third kappa shape index (κ3) is 4.96. The topological polar surface area (TPSA) is 82.0 Å². The number of anilines is 3. The molecule has 8 nitrogen and oxygen atoms in total. The highest BCUT2D eigenvalue weighted by Gasteiger charge is 2.22. The van der Waals surface area contributed by atoms with Crippen LogP contribution < -0.4 is 15.1 Å². The number of nitrogens with zero attached hydrogens (tertiary/aromatic N) is 4. The number of carbonyl (C=O) groups excluding carboxylic acids is 1. The van der Waals surface area contributed by atoms with Gasteiger partial charge in [0.1, 0.15) is 0 Å². The molecule has 0 saturated carbocycles. The van der Waals surface area contributed by atoms with E-state index in [1.54, 1.807) is 6.07 Å². The zero-order valence-corrected chi connectivity index (χ0v) is 17.9. The number of non-ortho nitro benzene ring substituents is 1. The molecule has 2 aliphatic rings. The van der Waals surface area contributed by atoms with E-state index in [1.807, 2.05) is 24.3 Å². The lowest BCUT2D eigenvalue weighted by molar-refractivity contribution is -0.384. The Hall–Kier alpha value is -3.13. The van der Waals surface area contributed by atoms with Crippen LogP contribution in [0.25, 0.3) is 0 Å². The molecule has 4 rings (SSSR count). The standard InChI is InChI=1S/C23H29N5O3/c1-25-13-15-26(16-14-25)19-7-5-18(6-8-19)24-23(29)21-17-20(28(30)31)9-10-22(21)27-11-3-2-4-12-27/h5-10,17H,2-4,11-16H2,1H3,(H,24,29). The minimum Gasteiger partial charge on any atom is -0.371 e. The summed E-state index contributed by atoms with van der Waals surface area (Å²) in [6, 6.07) is 12.4. The largest absolute Gasteiger partial charge is 0.371 e. The van der Waals surface area contributed by atoms with Crippen LogP contribution in [-0.2, 0) is 0 Å². The Morgan fingerprint density at radius 2 is 1.58 bits per heavy atom. The molecule has 0 aliphatic carbocycles. The molecule has 31 heavy (non-hydrogen) atoms. The van der Waals surface area contributed by atoms with Crippen molar-refractivity contribution in [1.82, 2.24) is 4.90 Å². The van der Waals surface area contributed by atoms with Crippen LogP contribution in [0.3, 0.4) is 0 Å². The van der Waals surface area contributed by atoms with Gasteiger partial charge < -0.3 is 20.0 Å². The van der Waals surface area contributed by atoms with Crippen molar-refractivity contribution >= 4 is 28.7 Å². The third-order valence-electron chi connectivity index (χ3n) is 6.13. The summed E-state index contributed by atoms with van der Waals surface area (Å²) < 4.78 is 0. The first-order valence-corrected chi connectivity index (χ1v) is 10.9. The van der Waals surface area contributed by atoms with Crippen LogP contribution in [0.2, 0.25) is 0 Å². The number of piperidine rings is 1. The summed E-state index contributed by atoms with van der Waals surface area (Å²) in [6.45, 7) is 5.74. The Morgan fingerprint density at radius 1 is 0.903 bits per heavy atom. The predicted octanol–water partition coefficient (Wildman–Crippen LogP) is 3.59. The van der Waals surface area contributed by atoms with Crippen molar-refractivity contribution in [3.05, 3.63) is 58.1 Å². The third-order valence-corrected chi connectivity index (χ3v) is 6.13. The molecule has 1 amide bonds. The molecule has 2 aromatic carbocycles. The molecule has 2 aliphatic heterocycles. The number of amides is 1. The van der Waals surface area contributed by atoms with E-state index in [-0.39, 0.29) is 11.6 Å². The van der Waals surface area contributed by atoms with Gasteiger partial charge in [-0.05, 0) is 56.6 Å². The van der Waals surface area contributed by atoms with Crippen molar-refractivity contribution in [2.45, 2.75) is 19.3 Å². The van der Waals surface area contributed by atoms with E-state index < -0.39 is 4.92 Å². The maximum absolute atomic E-state index is 13.1. The van der Waals surface area contributed by atoms with Crippen LogP contribution in [0, 0.1) is 10.1 Å². The van der Waals surface area contributed by atoms with E-state index in [1.165, 1.54) is 18.6 Å². The first-order valence-electron chi connectivity index (χ1n) is 10.9. The number of nitro benzene ring substituents is 1. The predicted molar refractivity (Wildman–Crippen MR) is 123 cm³/mol. The fraction of sp³-hybridized carbons (Fsp3) is 0.435. The van der Waals surface area contributed by atoms with Gasteiger partial charge in [0, 0.05) is 62.8 Å². The summed E-state index contributed by atoms with van der Waals surface area (Å²) in [4.78, 5) is 30.7. The molecule has 2 heterocycles. The van der Waals surface area contributed by atoms with E-state index >= 15 is 0 Å². The fourth-order valence-corrected chi connectivity index (χ4v) is 4.25. The second-order valence-corrected chi connectivity index (χ2v) is 8.30. The van der Waals surface area contributed by atoms with Gasteiger partial charge in [-0.3, -0.25) is 14.9 Å². The van der Waals surface area contributed by atoms with Gasteiger partial charge in [0.25, 0.3) is 11.6 Å². The molecule has 0 bridgehead atoms. The van der Waals surface area contributed by atoms with Gasteiger partial charge in [-0.25, -0.2) is 0 Å². The molecule has 0 unspecified atom stereocenters. The lowest BCUT2D eigenvalue weighted by atomic mass is 10.1. The molecular weight excluding hydrogens is 394 g/mol. The van der Waals surface area contributed by atoms with Gasteiger partial charge in [-0.1, -0.05) is 0 Å². The first-order chi connectivity index (χ1) is 15.0. The van der Waals surface area contributed by atoms with Crippen LogP contribution in [-0.4, -0.2) is 62.0 Å². The number of nitro groups is 1. The Kier molecular flexibility index (Phi) is 6.36. The SMILES string of the molecule is CN1CCN(c2ccc(NC(=O)c3cc([N+](=O)[O-])ccc3N3CCCCC3)cc2)CC1.